The van der Waals surface area contributed by atoms with Gasteiger partial charge >= 0.3 is 0 Å². The van der Waals surface area contributed by atoms with Gasteiger partial charge in [0.25, 0.3) is 5.56 Å². The van der Waals surface area contributed by atoms with Gasteiger partial charge in [0.05, 0.1) is 17.6 Å². The summed E-state index contributed by atoms with van der Waals surface area (Å²) < 4.78 is 1.34. The molecule has 102 valence electrons. The highest BCUT2D eigenvalue weighted by Crippen LogP contribution is 2.29. The number of fused-ring (bicyclic) bond motifs is 1. The molecule has 5 nitrogen and oxygen atoms in total. The molecule has 2 N–H and O–H groups in total. The first kappa shape index (κ1) is 12.5. The van der Waals surface area contributed by atoms with Crippen molar-refractivity contribution >= 4 is 22.3 Å². The van der Waals surface area contributed by atoms with Crippen LogP contribution in [0.2, 0.25) is 0 Å². The number of H-pyrrole nitrogens is 1. The average molecular weight is 268 g/mol. The van der Waals surface area contributed by atoms with Gasteiger partial charge in [0.1, 0.15) is 0 Å². The number of nitrogens with zero attached hydrogens (tertiary/aromatic N) is 2. The number of rotatable bonds is 2. The maximum Gasteiger partial charge on any atom is 0.271 e. The van der Waals surface area contributed by atoms with Crippen LogP contribution in [0, 0.1) is 13.8 Å². The number of nitrogens with one attached hydrogen (secondary N) is 2. The predicted molar refractivity (Wildman–Crippen MR) is 80.5 cm³/mol. The molecule has 0 aliphatic heterocycles. The van der Waals surface area contributed by atoms with Gasteiger partial charge in [-0.2, -0.15) is 5.10 Å². The van der Waals surface area contributed by atoms with Crippen LogP contribution in [0.5, 0.6) is 0 Å². The number of benzene rings is 1. The second kappa shape index (κ2) is 4.52. The Balaban J connectivity index is 2.14. The van der Waals surface area contributed by atoms with Crippen LogP contribution in [0.25, 0.3) is 10.9 Å². The summed E-state index contributed by atoms with van der Waals surface area (Å²) in [4.78, 5) is 15.1. The maximum atomic E-state index is 11.9. The van der Waals surface area contributed by atoms with Crippen molar-refractivity contribution in [1.29, 1.82) is 0 Å². The third-order valence-corrected chi connectivity index (χ3v) is 3.58. The Bertz CT molecular complexity index is 845. The molecule has 2 heterocycles. The van der Waals surface area contributed by atoms with Crippen LogP contribution in [-0.2, 0) is 7.05 Å². The average Bonchev–Trinajstić information content (AvgIpc) is 2.90. The summed E-state index contributed by atoms with van der Waals surface area (Å²) in [5, 5.41) is 8.51. The number of hydrogen-bond acceptors (Lipinski definition) is 3. The number of anilines is 2. The number of aryl methyl sites for hydroxylation is 2. The molecule has 0 aliphatic carbocycles. The standard InChI is InChI=1S/C15H16N4O/c1-9-4-5-12-11(6-7-16-12)14(9)18-13-8-17-19(3)15(20)10(13)2/h4-8,16,18H,1-3H3. The number of hydrogen-bond donors (Lipinski definition) is 2. The first-order chi connectivity index (χ1) is 9.58. The minimum Gasteiger partial charge on any atom is -0.361 e. The highest BCUT2D eigenvalue weighted by molar-refractivity contribution is 5.95. The molecule has 3 rings (SSSR count). The maximum absolute atomic E-state index is 11.9. The van der Waals surface area contributed by atoms with Crippen molar-refractivity contribution in [1.82, 2.24) is 14.8 Å². The second-order valence-electron chi connectivity index (χ2n) is 4.93. The zero-order chi connectivity index (χ0) is 14.3. The summed E-state index contributed by atoms with van der Waals surface area (Å²) in [5.41, 5.74) is 4.50. The molecule has 3 aromatic rings. The molecule has 0 spiro atoms. The van der Waals surface area contributed by atoms with Crippen LogP contribution < -0.4 is 10.9 Å². The molecule has 0 saturated heterocycles. The van der Waals surface area contributed by atoms with Crippen LogP contribution in [0.1, 0.15) is 11.1 Å². The Morgan fingerprint density at radius 1 is 1.25 bits per heavy atom. The molecule has 0 radical (unpaired) electrons. The van der Waals surface area contributed by atoms with Gasteiger partial charge in [0, 0.05) is 29.7 Å². The van der Waals surface area contributed by atoms with Crippen molar-refractivity contribution in [2.45, 2.75) is 13.8 Å². The van der Waals surface area contributed by atoms with E-state index in [0.29, 0.717) is 5.56 Å². The Kier molecular flexibility index (Phi) is 2.82. The van der Waals surface area contributed by atoms with E-state index in [1.807, 2.05) is 31.3 Å². The van der Waals surface area contributed by atoms with Crippen LogP contribution in [0.15, 0.2) is 35.4 Å². The fourth-order valence-corrected chi connectivity index (χ4v) is 2.32. The summed E-state index contributed by atoms with van der Waals surface area (Å²) in [6.07, 6.45) is 3.59. The van der Waals surface area contributed by atoms with E-state index in [2.05, 4.69) is 15.4 Å². The molecule has 20 heavy (non-hydrogen) atoms. The topological polar surface area (TPSA) is 62.7 Å². The van der Waals surface area contributed by atoms with Crippen molar-refractivity contribution in [2.24, 2.45) is 7.05 Å². The fourth-order valence-electron chi connectivity index (χ4n) is 2.32. The van der Waals surface area contributed by atoms with E-state index in [-0.39, 0.29) is 5.56 Å². The lowest BCUT2D eigenvalue weighted by molar-refractivity contribution is 0.702. The van der Waals surface area contributed by atoms with Crippen LogP contribution in [-0.4, -0.2) is 14.8 Å². The van der Waals surface area contributed by atoms with Gasteiger partial charge in [0.15, 0.2) is 0 Å². The summed E-state index contributed by atoms with van der Waals surface area (Å²) in [5.74, 6) is 0. The van der Waals surface area contributed by atoms with Crippen LogP contribution >= 0.6 is 0 Å². The van der Waals surface area contributed by atoms with E-state index in [0.717, 1.165) is 27.8 Å². The smallest absolute Gasteiger partial charge is 0.271 e. The lowest BCUT2D eigenvalue weighted by atomic mass is 10.1. The predicted octanol–water partition coefficient (Wildman–Crippen LogP) is 2.62. The third-order valence-electron chi connectivity index (χ3n) is 3.58. The molecule has 5 heteroatoms. The van der Waals surface area contributed by atoms with Gasteiger partial charge < -0.3 is 10.3 Å². The molecule has 0 saturated carbocycles. The highest BCUT2D eigenvalue weighted by Gasteiger charge is 2.10. The van der Waals surface area contributed by atoms with Gasteiger partial charge in [-0.3, -0.25) is 4.79 Å². The lowest BCUT2D eigenvalue weighted by Gasteiger charge is -2.13. The summed E-state index contributed by atoms with van der Waals surface area (Å²) in [7, 11) is 1.65. The molecule has 0 fully saturated rings. The molecule has 0 aliphatic rings. The number of aromatic amines is 1. The zero-order valence-corrected chi connectivity index (χ0v) is 11.7. The lowest BCUT2D eigenvalue weighted by Crippen LogP contribution is -2.22. The van der Waals surface area contributed by atoms with Gasteiger partial charge in [-0.05, 0) is 31.5 Å². The van der Waals surface area contributed by atoms with Gasteiger partial charge in [-0.25, -0.2) is 4.68 Å². The molecule has 0 bridgehead atoms. The molecule has 0 amide bonds. The summed E-state index contributed by atoms with van der Waals surface area (Å²) in [6, 6.07) is 6.12. The second-order valence-corrected chi connectivity index (χ2v) is 4.93. The number of aromatic nitrogens is 3. The van der Waals surface area contributed by atoms with Crippen molar-refractivity contribution in [3.63, 3.8) is 0 Å². The largest absolute Gasteiger partial charge is 0.361 e. The van der Waals surface area contributed by atoms with Gasteiger partial charge in [-0.1, -0.05) is 6.07 Å². The Hall–Kier alpha value is -2.56. The molecular weight excluding hydrogens is 252 g/mol. The van der Waals surface area contributed by atoms with E-state index in [1.54, 1.807) is 20.2 Å². The van der Waals surface area contributed by atoms with Crippen molar-refractivity contribution < 1.29 is 0 Å². The molecule has 2 aromatic heterocycles. The SMILES string of the molecule is Cc1ccc2[nH]ccc2c1Nc1cnn(C)c(=O)c1C. The van der Waals surface area contributed by atoms with Gasteiger partial charge in [-0.15, -0.1) is 0 Å². The zero-order valence-electron chi connectivity index (χ0n) is 11.7. The Morgan fingerprint density at radius 3 is 2.85 bits per heavy atom. The van der Waals surface area contributed by atoms with E-state index in [1.165, 1.54) is 4.68 Å². The molecule has 1 aromatic carbocycles. The highest BCUT2D eigenvalue weighted by atomic mass is 16.1. The quantitative estimate of drug-likeness (QED) is 0.751. The molecular formula is C15H16N4O. The third kappa shape index (κ3) is 1.87. The van der Waals surface area contributed by atoms with E-state index >= 15 is 0 Å². The molecule has 0 unspecified atom stereocenters. The molecule has 0 atom stereocenters. The van der Waals surface area contributed by atoms with E-state index in [4.69, 9.17) is 0 Å². The van der Waals surface area contributed by atoms with Crippen molar-refractivity contribution in [3.8, 4) is 0 Å². The fraction of sp³-hybridized carbons (Fsp3) is 0.200. The Morgan fingerprint density at radius 2 is 2.05 bits per heavy atom. The first-order valence-electron chi connectivity index (χ1n) is 6.44. The van der Waals surface area contributed by atoms with Crippen LogP contribution in [0.4, 0.5) is 11.4 Å². The Labute approximate surface area is 116 Å². The van der Waals surface area contributed by atoms with E-state index in [9.17, 15) is 4.79 Å². The minimum absolute atomic E-state index is 0.0890. The summed E-state index contributed by atoms with van der Waals surface area (Å²) in [6.45, 7) is 3.84. The first-order valence-corrected chi connectivity index (χ1v) is 6.44. The van der Waals surface area contributed by atoms with Crippen molar-refractivity contribution in [2.75, 3.05) is 5.32 Å². The monoisotopic (exact) mass is 268 g/mol. The summed E-state index contributed by atoms with van der Waals surface area (Å²) >= 11 is 0. The minimum atomic E-state index is -0.0890. The van der Waals surface area contributed by atoms with Crippen molar-refractivity contribution in [3.05, 3.63) is 52.1 Å². The van der Waals surface area contributed by atoms with Crippen LogP contribution in [0.3, 0.4) is 0 Å². The van der Waals surface area contributed by atoms with Gasteiger partial charge in [0.2, 0.25) is 0 Å². The van der Waals surface area contributed by atoms with E-state index < -0.39 is 0 Å². The normalized spacial score (nSPS) is 10.9.